The van der Waals surface area contributed by atoms with Crippen molar-refractivity contribution >= 4 is 0 Å². The van der Waals surface area contributed by atoms with Gasteiger partial charge in [0.2, 0.25) is 0 Å². The zero-order valence-electron chi connectivity index (χ0n) is 10.9. The van der Waals surface area contributed by atoms with Gasteiger partial charge in [-0.25, -0.2) is 4.68 Å². The third-order valence-corrected chi connectivity index (χ3v) is 5.56. The third kappa shape index (κ3) is 1.62. The summed E-state index contributed by atoms with van der Waals surface area (Å²) in [5, 5.41) is 8.27. The van der Waals surface area contributed by atoms with Crippen molar-refractivity contribution in [2.45, 2.75) is 51.6 Å². The Morgan fingerprint density at radius 3 is 2.33 bits per heavy atom. The molecular formula is C14H22N4. The maximum atomic E-state index is 5.76. The zero-order chi connectivity index (χ0) is 12.2. The van der Waals surface area contributed by atoms with Gasteiger partial charge >= 0.3 is 0 Å². The van der Waals surface area contributed by atoms with Gasteiger partial charge in [-0.2, -0.15) is 0 Å². The Bertz CT molecular complexity index is 415. The monoisotopic (exact) mass is 246 g/mol. The summed E-state index contributed by atoms with van der Waals surface area (Å²) in [6, 6.07) is 0. The molecule has 1 aromatic rings. The fourth-order valence-corrected chi connectivity index (χ4v) is 5.37. The van der Waals surface area contributed by atoms with Crippen molar-refractivity contribution in [3.05, 3.63) is 11.9 Å². The molecule has 0 aromatic carbocycles. The summed E-state index contributed by atoms with van der Waals surface area (Å²) in [6.45, 7) is 1.61. The summed E-state index contributed by atoms with van der Waals surface area (Å²) in [5.41, 5.74) is 7.37. The second-order valence-corrected chi connectivity index (χ2v) is 7.00. The maximum Gasteiger partial charge on any atom is 0.0738 e. The lowest BCUT2D eigenvalue weighted by Crippen LogP contribution is -2.48. The second kappa shape index (κ2) is 3.80. The average molecular weight is 246 g/mol. The molecule has 4 aliphatic rings. The Hall–Kier alpha value is -0.900. The average Bonchev–Trinajstić information content (AvgIpc) is 2.73. The Morgan fingerprint density at radius 1 is 1.17 bits per heavy atom. The van der Waals surface area contributed by atoms with Gasteiger partial charge in [0.15, 0.2) is 0 Å². The van der Waals surface area contributed by atoms with Crippen LogP contribution in [0.1, 0.15) is 44.2 Å². The molecule has 4 fully saturated rings. The zero-order valence-corrected chi connectivity index (χ0v) is 10.9. The molecule has 1 aromatic heterocycles. The fourth-order valence-electron chi connectivity index (χ4n) is 5.37. The Labute approximate surface area is 108 Å². The van der Waals surface area contributed by atoms with Crippen molar-refractivity contribution in [3.63, 3.8) is 0 Å². The number of hydrogen-bond acceptors (Lipinski definition) is 3. The molecule has 2 N–H and O–H groups in total. The van der Waals surface area contributed by atoms with E-state index in [0.29, 0.717) is 12.0 Å². The highest BCUT2D eigenvalue weighted by atomic mass is 15.4. The summed E-state index contributed by atoms with van der Waals surface area (Å²) < 4.78 is 2.08. The molecule has 18 heavy (non-hydrogen) atoms. The van der Waals surface area contributed by atoms with Crippen LogP contribution in [-0.4, -0.2) is 15.0 Å². The van der Waals surface area contributed by atoms with Crippen molar-refractivity contribution in [3.8, 4) is 0 Å². The first-order valence-corrected chi connectivity index (χ1v) is 7.34. The van der Waals surface area contributed by atoms with Gasteiger partial charge in [0.1, 0.15) is 0 Å². The number of aromatic nitrogens is 3. The molecular weight excluding hydrogens is 224 g/mol. The van der Waals surface area contributed by atoms with Crippen LogP contribution in [0.3, 0.4) is 0 Å². The van der Waals surface area contributed by atoms with Gasteiger partial charge in [-0.05, 0) is 61.7 Å². The molecule has 0 atom stereocenters. The molecule has 0 saturated heterocycles. The van der Waals surface area contributed by atoms with E-state index in [1.165, 1.54) is 38.5 Å². The quantitative estimate of drug-likeness (QED) is 0.887. The molecule has 0 amide bonds. The molecule has 1 heterocycles. The minimum atomic E-state index is 0.520. The van der Waals surface area contributed by atoms with Crippen LogP contribution in [0.2, 0.25) is 0 Å². The molecule has 4 heteroatoms. The molecule has 0 spiro atoms. The van der Waals surface area contributed by atoms with E-state index in [1.807, 2.05) is 6.20 Å². The normalized spacial score (nSPS) is 41.5. The van der Waals surface area contributed by atoms with Crippen molar-refractivity contribution in [2.75, 3.05) is 0 Å². The predicted molar refractivity (Wildman–Crippen MR) is 68.5 cm³/mol. The minimum Gasteiger partial charge on any atom is -0.325 e. The largest absolute Gasteiger partial charge is 0.325 e. The van der Waals surface area contributed by atoms with Gasteiger partial charge in [-0.3, -0.25) is 0 Å². The lowest BCUT2D eigenvalue weighted by atomic mass is 9.49. The molecule has 4 nitrogen and oxygen atoms in total. The van der Waals surface area contributed by atoms with Gasteiger partial charge in [-0.15, -0.1) is 5.10 Å². The van der Waals surface area contributed by atoms with Crippen LogP contribution in [0.5, 0.6) is 0 Å². The van der Waals surface area contributed by atoms with Crippen molar-refractivity contribution in [2.24, 2.45) is 28.9 Å². The van der Waals surface area contributed by atoms with E-state index >= 15 is 0 Å². The molecule has 4 saturated carbocycles. The summed E-state index contributed by atoms with van der Waals surface area (Å²) >= 11 is 0. The Morgan fingerprint density at radius 2 is 1.78 bits per heavy atom. The van der Waals surface area contributed by atoms with E-state index in [9.17, 15) is 0 Å². The second-order valence-electron chi connectivity index (χ2n) is 7.00. The van der Waals surface area contributed by atoms with Crippen LogP contribution in [-0.2, 0) is 13.1 Å². The highest BCUT2D eigenvalue weighted by Crippen LogP contribution is 2.60. The van der Waals surface area contributed by atoms with E-state index in [4.69, 9.17) is 5.73 Å². The van der Waals surface area contributed by atoms with Crippen LogP contribution < -0.4 is 5.73 Å². The summed E-state index contributed by atoms with van der Waals surface area (Å²) in [4.78, 5) is 0. The lowest BCUT2D eigenvalue weighted by Gasteiger charge is -2.56. The Kier molecular flexibility index (Phi) is 2.31. The minimum absolute atomic E-state index is 0.520. The van der Waals surface area contributed by atoms with Crippen LogP contribution in [0, 0.1) is 23.2 Å². The lowest BCUT2D eigenvalue weighted by molar-refractivity contribution is -0.0641. The van der Waals surface area contributed by atoms with Gasteiger partial charge < -0.3 is 5.73 Å². The number of hydrogen-bond donors (Lipinski definition) is 1. The first-order chi connectivity index (χ1) is 8.76. The Balaban J connectivity index is 1.61. The molecule has 0 radical (unpaired) electrons. The van der Waals surface area contributed by atoms with Crippen LogP contribution in [0.4, 0.5) is 0 Å². The predicted octanol–water partition coefficient (Wildman–Crippen LogP) is 1.95. The third-order valence-electron chi connectivity index (χ3n) is 5.56. The first kappa shape index (κ1) is 11.0. The van der Waals surface area contributed by atoms with Crippen molar-refractivity contribution in [1.29, 1.82) is 0 Å². The summed E-state index contributed by atoms with van der Waals surface area (Å²) in [7, 11) is 0. The SMILES string of the molecule is NCc1cnnn1CC12CC3CC(CC(C3)C1)C2. The first-order valence-electron chi connectivity index (χ1n) is 7.34. The standard InChI is InChI=1S/C14H22N4/c15-7-13-8-16-17-18(13)9-14-4-10-1-11(5-14)3-12(2-10)6-14/h8,10-12H,1-7,9,15H2. The van der Waals surface area contributed by atoms with Crippen molar-refractivity contribution < 1.29 is 0 Å². The van der Waals surface area contributed by atoms with E-state index in [-0.39, 0.29) is 0 Å². The summed E-state index contributed by atoms with van der Waals surface area (Å²) in [6.07, 6.45) is 10.6. The molecule has 4 bridgehead atoms. The van der Waals surface area contributed by atoms with Gasteiger partial charge in [-0.1, -0.05) is 5.21 Å². The highest BCUT2D eigenvalue weighted by Gasteiger charge is 2.51. The maximum absolute atomic E-state index is 5.76. The van der Waals surface area contributed by atoms with Crippen LogP contribution in [0.15, 0.2) is 6.20 Å². The molecule has 5 rings (SSSR count). The highest BCUT2D eigenvalue weighted by molar-refractivity contribution is 5.03. The fraction of sp³-hybridized carbons (Fsp3) is 0.857. The van der Waals surface area contributed by atoms with E-state index in [0.717, 1.165) is 30.0 Å². The summed E-state index contributed by atoms with van der Waals surface area (Å²) in [5.74, 6) is 3.00. The number of nitrogens with two attached hydrogens (primary N) is 1. The molecule has 0 aliphatic heterocycles. The van der Waals surface area contributed by atoms with Crippen molar-refractivity contribution in [1.82, 2.24) is 15.0 Å². The van der Waals surface area contributed by atoms with Crippen LogP contribution >= 0.6 is 0 Å². The van der Waals surface area contributed by atoms with E-state index in [2.05, 4.69) is 15.0 Å². The molecule has 0 unspecified atom stereocenters. The van der Waals surface area contributed by atoms with Gasteiger partial charge in [0, 0.05) is 13.1 Å². The van der Waals surface area contributed by atoms with Gasteiger partial charge in [0.05, 0.1) is 11.9 Å². The molecule has 98 valence electrons. The van der Waals surface area contributed by atoms with E-state index < -0.39 is 0 Å². The number of rotatable bonds is 3. The number of nitrogens with zero attached hydrogens (tertiary/aromatic N) is 3. The van der Waals surface area contributed by atoms with Crippen LogP contribution in [0.25, 0.3) is 0 Å². The smallest absolute Gasteiger partial charge is 0.0738 e. The van der Waals surface area contributed by atoms with E-state index in [1.54, 1.807) is 0 Å². The van der Waals surface area contributed by atoms with Gasteiger partial charge in [0.25, 0.3) is 0 Å². The molecule has 4 aliphatic carbocycles. The topological polar surface area (TPSA) is 56.7 Å².